The van der Waals surface area contributed by atoms with Crippen LogP contribution in [0, 0.1) is 6.92 Å². The van der Waals surface area contributed by atoms with Gasteiger partial charge in [-0.05, 0) is 31.0 Å². The summed E-state index contributed by atoms with van der Waals surface area (Å²) in [5, 5.41) is 1.28. The molecule has 0 bridgehead atoms. The Hall–Kier alpha value is -1.87. The second-order valence-electron chi connectivity index (χ2n) is 4.42. The fourth-order valence-electron chi connectivity index (χ4n) is 1.72. The highest BCUT2D eigenvalue weighted by Crippen LogP contribution is 2.12. The Bertz CT molecular complexity index is 654. The molecule has 0 N–H and O–H groups in total. The first-order chi connectivity index (χ1) is 9.08. The van der Waals surface area contributed by atoms with E-state index in [2.05, 4.69) is 0 Å². The van der Waals surface area contributed by atoms with E-state index in [9.17, 15) is 8.42 Å². The molecule has 0 aliphatic rings. The fourth-order valence-corrected chi connectivity index (χ4v) is 2.77. The average molecular weight is 272 g/mol. The number of hydrogen-bond acceptors (Lipinski definition) is 2. The lowest BCUT2D eigenvalue weighted by Gasteiger charge is -1.99. The minimum Gasteiger partial charge on any atom is -0.219 e. The summed E-state index contributed by atoms with van der Waals surface area (Å²) in [4.78, 5) is 0.329. The molecule has 0 saturated carbocycles. The van der Waals surface area contributed by atoms with Crippen molar-refractivity contribution in [2.24, 2.45) is 0 Å². The third-order valence-electron chi connectivity index (χ3n) is 2.82. The van der Waals surface area contributed by atoms with Gasteiger partial charge in [0.25, 0.3) is 0 Å². The molecule has 0 heterocycles. The van der Waals surface area contributed by atoms with Gasteiger partial charge in [-0.1, -0.05) is 54.1 Å². The Kier molecular flexibility index (Phi) is 4.17. The monoisotopic (exact) mass is 272 g/mol. The Morgan fingerprint density at radius 3 is 2.21 bits per heavy atom. The number of rotatable bonds is 4. The molecule has 2 aromatic rings. The topological polar surface area (TPSA) is 34.1 Å². The van der Waals surface area contributed by atoms with Crippen LogP contribution in [0.2, 0.25) is 0 Å². The van der Waals surface area contributed by atoms with Crippen LogP contribution in [0.25, 0.3) is 0 Å². The van der Waals surface area contributed by atoms with E-state index in [4.69, 9.17) is 0 Å². The van der Waals surface area contributed by atoms with Crippen LogP contribution in [0.3, 0.4) is 0 Å². The van der Waals surface area contributed by atoms with Crippen molar-refractivity contribution < 1.29 is 8.42 Å². The molecule has 0 spiro atoms. The molecular formula is C16H16O2S. The molecule has 2 rings (SSSR count). The maximum Gasteiger partial charge on any atom is 0.199 e. The van der Waals surface area contributed by atoms with Crippen LogP contribution in [-0.4, -0.2) is 8.42 Å². The SMILES string of the molecule is Cc1ccc(C/C=C/S(=O)(=O)c2ccccc2)cc1. The minimum atomic E-state index is -3.32. The molecule has 0 saturated heterocycles. The third-order valence-corrected chi connectivity index (χ3v) is 4.30. The molecule has 0 aliphatic heterocycles. The van der Waals surface area contributed by atoms with Crippen LogP contribution in [-0.2, 0) is 16.3 Å². The molecule has 0 aliphatic carbocycles. The molecule has 98 valence electrons. The Morgan fingerprint density at radius 2 is 1.58 bits per heavy atom. The summed E-state index contributed by atoms with van der Waals surface area (Å²) in [5.74, 6) is 0. The molecule has 0 unspecified atom stereocenters. The number of aryl methyl sites for hydroxylation is 1. The normalized spacial score (nSPS) is 11.8. The second-order valence-corrected chi connectivity index (χ2v) is 6.25. The predicted octanol–water partition coefficient (Wildman–Crippen LogP) is 3.53. The van der Waals surface area contributed by atoms with Crippen LogP contribution in [0.4, 0.5) is 0 Å². The van der Waals surface area contributed by atoms with Gasteiger partial charge in [-0.25, -0.2) is 8.42 Å². The summed E-state index contributed by atoms with van der Waals surface area (Å²) in [6.45, 7) is 2.03. The van der Waals surface area contributed by atoms with Crippen LogP contribution < -0.4 is 0 Å². The van der Waals surface area contributed by atoms with E-state index in [0.29, 0.717) is 11.3 Å². The van der Waals surface area contributed by atoms with Gasteiger partial charge >= 0.3 is 0 Å². The van der Waals surface area contributed by atoms with Crippen LogP contribution in [0.5, 0.6) is 0 Å². The lowest BCUT2D eigenvalue weighted by atomic mass is 10.1. The van der Waals surface area contributed by atoms with Crippen molar-refractivity contribution in [3.8, 4) is 0 Å². The molecular weight excluding hydrogens is 256 g/mol. The van der Waals surface area contributed by atoms with Crippen LogP contribution >= 0.6 is 0 Å². The summed E-state index contributed by atoms with van der Waals surface area (Å²) in [6.07, 6.45) is 2.30. The van der Waals surface area contributed by atoms with E-state index in [1.165, 1.54) is 11.0 Å². The second kappa shape index (κ2) is 5.85. The first-order valence-electron chi connectivity index (χ1n) is 6.10. The fraction of sp³-hybridized carbons (Fsp3) is 0.125. The molecule has 2 aromatic carbocycles. The quantitative estimate of drug-likeness (QED) is 0.853. The van der Waals surface area contributed by atoms with Crippen molar-refractivity contribution in [3.05, 3.63) is 77.2 Å². The van der Waals surface area contributed by atoms with E-state index in [1.54, 1.807) is 36.4 Å². The number of allylic oxidation sites excluding steroid dienone is 1. The highest BCUT2D eigenvalue weighted by atomic mass is 32.2. The molecule has 0 fully saturated rings. The van der Waals surface area contributed by atoms with Gasteiger partial charge in [-0.15, -0.1) is 0 Å². The zero-order valence-electron chi connectivity index (χ0n) is 10.8. The standard InChI is InChI=1S/C16H16O2S/c1-14-9-11-15(12-10-14)6-5-13-19(17,18)16-7-3-2-4-8-16/h2-5,7-13H,6H2,1H3/b13-5+. The van der Waals surface area contributed by atoms with E-state index in [-0.39, 0.29) is 0 Å². The molecule has 0 radical (unpaired) electrons. The highest BCUT2D eigenvalue weighted by molar-refractivity contribution is 7.94. The zero-order chi connectivity index (χ0) is 13.7. The summed E-state index contributed by atoms with van der Waals surface area (Å²) in [6, 6.07) is 16.5. The van der Waals surface area contributed by atoms with E-state index >= 15 is 0 Å². The van der Waals surface area contributed by atoms with Crippen molar-refractivity contribution in [1.82, 2.24) is 0 Å². The molecule has 0 atom stereocenters. The van der Waals surface area contributed by atoms with Gasteiger partial charge in [-0.3, -0.25) is 0 Å². The van der Waals surface area contributed by atoms with Crippen LogP contribution in [0.1, 0.15) is 11.1 Å². The minimum absolute atomic E-state index is 0.329. The number of hydrogen-bond donors (Lipinski definition) is 0. The summed E-state index contributed by atoms with van der Waals surface area (Å²) in [5.41, 5.74) is 2.30. The van der Waals surface area contributed by atoms with E-state index in [1.807, 2.05) is 31.2 Å². The first-order valence-corrected chi connectivity index (χ1v) is 7.65. The molecule has 3 heteroatoms. The lowest BCUT2D eigenvalue weighted by molar-refractivity contribution is 0.604. The van der Waals surface area contributed by atoms with Crippen LogP contribution in [0.15, 0.2) is 71.0 Å². The van der Waals surface area contributed by atoms with E-state index < -0.39 is 9.84 Å². The van der Waals surface area contributed by atoms with Gasteiger partial charge in [-0.2, -0.15) is 0 Å². The van der Waals surface area contributed by atoms with Crippen molar-refractivity contribution >= 4 is 9.84 Å². The lowest BCUT2D eigenvalue weighted by Crippen LogP contribution is -1.95. The van der Waals surface area contributed by atoms with Crippen molar-refractivity contribution in [2.75, 3.05) is 0 Å². The first kappa shape index (κ1) is 13.6. The Morgan fingerprint density at radius 1 is 0.947 bits per heavy atom. The zero-order valence-corrected chi connectivity index (χ0v) is 11.6. The highest BCUT2D eigenvalue weighted by Gasteiger charge is 2.08. The van der Waals surface area contributed by atoms with Gasteiger partial charge < -0.3 is 0 Å². The summed E-state index contributed by atoms with van der Waals surface area (Å²) in [7, 11) is -3.32. The van der Waals surface area contributed by atoms with Crippen molar-refractivity contribution in [1.29, 1.82) is 0 Å². The van der Waals surface area contributed by atoms with Crippen molar-refractivity contribution in [2.45, 2.75) is 18.2 Å². The van der Waals surface area contributed by atoms with Gasteiger partial charge in [0.05, 0.1) is 4.90 Å². The van der Waals surface area contributed by atoms with Gasteiger partial charge in [0.1, 0.15) is 0 Å². The summed E-state index contributed by atoms with van der Waals surface area (Å²) < 4.78 is 24.0. The maximum atomic E-state index is 12.0. The number of sulfone groups is 1. The Labute approximate surface area is 114 Å². The third kappa shape index (κ3) is 3.80. The average Bonchev–Trinajstić information content (AvgIpc) is 2.42. The largest absolute Gasteiger partial charge is 0.219 e. The van der Waals surface area contributed by atoms with Crippen molar-refractivity contribution in [3.63, 3.8) is 0 Å². The van der Waals surface area contributed by atoms with Gasteiger partial charge in [0.2, 0.25) is 0 Å². The smallest absolute Gasteiger partial charge is 0.199 e. The predicted molar refractivity (Wildman–Crippen MR) is 77.7 cm³/mol. The van der Waals surface area contributed by atoms with Gasteiger partial charge in [0.15, 0.2) is 9.84 Å². The molecule has 0 aromatic heterocycles. The van der Waals surface area contributed by atoms with Gasteiger partial charge in [0, 0.05) is 5.41 Å². The molecule has 2 nitrogen and oxygen atoms in total. The number of benzene rings is 2. The Balaban J connectivity index is 2.09. The van der Waals surface area contributed by atoms with E-state index in [0.717, 1.165) is 5.56 Å². The summed E-state index contributed by atoms with van der Waals surface area (Å²) >= 11 is 0. The molecule has 0 amide bonds. The molecule has 19 heavy (non-hydrogen) atoms. The maximum absolute atomic E-state index is 12.0.